The second-order valence-corrected chi connectivity index (χ2v) is 3.30. The van der Waals surface area contributed by atoms with Crippen molar-refractivity contribution in [1.82, 2.24) is 4.98 Å². The Morgan fingerprint density at radius 1 is 1.54 bits per heavy atom. The Kier molecular flexibility index (Phi) is 3.01. The minimum atomic E-state index is 0.277. The molecule has 1 rings (SSSR count). The van der Waals surface area contributed by atoms with E-state index >= 15 is 0 Å². The van der Waals surface area contributed by atoms with Crippen LogP contribution in [0.2, 0.25) is 0 Å². The predicted octanol–water partition coefficient (Wildman–Crippen LogP) is 2.03. The molecule has 13 heavy (non-hydrogen) atoms. The highest BCUT2D eigenvalue weighted by molar-refractivity contribution is 5.84. The summed E-state index contributed by atoms with van der Waals surface area (Å²) in [6.07, 6.45) is 1.75. The average Bonchev–Trinajstić information content (AvgIpc) is 2.08. The van der Waals surface area contributed by atoms with Gasteiger partial charge >= 0.3 is 0 Å². The van der Waals surface area contributed by atoms with Crippen molar-refractivity contribution in [3.8, 4) is 0 Å². The molecule has 0 bridgehead atoms. The quantitative estimate of drug-likeness (QED) is 0.555. The van der Waals surface area contributed by atoms with Crippen LogP contribution >= 0.6 is 0 Å². The first kappa shape index (κ1) is 9.71. The maximum atomic E-state index is 5.74. The Balaban J connectivity index is 2.97. The van der Waals surface area contributed by atoms with E-state index in [1.54, 1.807) is 6.20 Å². The monoisotopic (exact) mass is 177 g/mol. The summed E-state index contributed by atoms with van der Waals surface area (Å²) >= 11 is 0. The summed E-state index contributed by atoms with van der Waals surface area (Å²) in [6.45, 7) is 5.96. The van der Waals surface area contributed by atoms with Crippen LogP contribution in [-0.4, -0.2) is 10.8 Å². The molecule has 0 radical (unpaired) electrons. The summed E-state index contributed by atoms with van der Waals surface area (Å²) in [6, 6.07) is 3.77. The molecule has 0 fully saturated rings. The molecule has 0 amide bonds. The minimum absolute atomic E-state index is 0.277. The molecule has 0 aliphatic heterocycles. The Bertz CT molecular complexity index is 316. The van der Waals surface area contributed by atoms with Gasteiger partial charge in [-0.3, -0.25) is 4.98 Å². The number of aryl methyl sites for hydroxylation is 1. The molecule has 0 aliphatic rings. The fourth-order valence-electron chi connectivity index (χ4n) is 0.862. The van der Waals surface area contributed by atoms with Crippen LogP contribution in [0.15, 0.2) is 23.3 Å². The van der Waals surface area contributed by atoms with Gasteiger partial charge in [-0.05, 0) is 19.1 Å². The number of hydrogen-bond acceptors (Lipinski definition) is 2. The highest BCUT2D eigenvalue weighted by Crippen LogP contribution is 2.15. The lowest BCUT2D eigenvalue weighted by Gasteiger charge is -2.04. The molecule has 1 heterocycles. The maximum Gasteiger partial charge on any atom is 0.102 e. The number of pyridine rings is 1. The summed E-state index contributed by atoms with van der Waals surface area (Å²) in [4.78, 5) is 8.42. The zero-order valence-corrected chi connectivity index (χ0v) is 8.28. The number of hydrogen-bond donors (Lipinski definition) is 1. The molecule has 0 saturated heterocycles. The zero-order valence-electron chi connectivity index (χ0n) is 8.28. The number of aromatic nitrogens is 1. The van der Waals surface area contributed by atoms with E-state index < -0.39 is 0 Å². The lowest BCUT2D eigenvalue weighted by atomic mass is 10.2. The summed E-state index contributed by atoms with van der Waals surface area (Å²) in [5.74, 6) is 0.927. The SMILES string of the molecule is Cc1ncccc1N=C(N)C(C)C. The fourth-order valence-corrected chi connectivity index (χ4v) is 0.862. The first-order valence-corrected chi connectivity index (χ1v) is 4.37. The van der Waals surface area contributed by atoms with E-state index in [0.29, 0.717) is 5.84 Å². The van der Waals surface area contributed by atoms with E-state index in [2.05, 4.69) is 9.98 Å². The molecule has 0 atom stereocenters. The van der Waals surface area contributed by atoms with Gasteiger partial charge in [0.1, 0.15) is 5.84 Å². The topological polar surface area (TPSA) is 51.3 Å². The van der Waals surface area contributed by atoms with Gasteiger partial charge in [-0.1, -0.05) is 13.8 Å². The van der Waals surface area contributed by atoms with Crippen molar-refractivity contribution in [2.24, 2.45) is 16.6 Å². The van der Waals surface area contributed by atoms with Crippen LogP contribution in [-0.2, 0) is 0 Å². The molecule has 3 heteroatoms. The van der Waals surface area contributed by atoms with Crippen LogP contribution in [0.25, 0.3) is 0 Å². The predicted molar refractivity (Wildman–Crippen MR) is 55.1 cm³/mol. The molecule has 0 unspecified atom stereocenters. The van der Waals surface area contributed by atoms with Crippen LogP contribution < -0.4 is 5.73 Å². The Morgan fingerprint density at radius 2 is 2.23 bits per heavy atom. The van der Waals surface area contributed by atoms with Gasteiger partial charge in [0.25, 0.3) is 0 Å². The molecule has 3 nitrogen and oxygen atoms in total. The van der Waals surface area contributed by atoms with E-state index in [1.807, 2.05) is 32.9 Å². The van der Waals surface area contributed by atoms with Gasteiger partial charge in [0.05, 0.1) is 11.4 Å². The summed E-state index contributed by atoms with van der Waals surface area (Å²) in [5.41, 5.74) is 7.50. The fraction of sp³-hybridized carbons (Fsp3) is 0.400. The largest absolute Gasteiger partial charge is 0.387 e. The maximum absolute atomic E-state index is 5.74. The molecule has 0 aliphatic carbocycles. The lowest BCUT2D eigenvalue weighted by molar-refractivity contribution is 0.872. The third kappa shape index (κ3) is 2.54. The zero-order chi connectivity index (χ0) is 9.84. The second kappa shape index (κ2) is 4.03. The third-order valence-corrected chi connectivity index (χ3v) is 1.82. The summed E-state index contributed by atoms with van der Waals surface area (Å²) < 4.78 is 0. The van der Waals surface area contributed by atoms with Gasteiger partial charge in [0.2, 0.25) is 0 Å². The molecule has 1 aromatic rings. The van der Waals surface area contributed by atoms with Crippen molar-refractivity contribution in [2.45, 2.75) is 20.8 Å². The van der Waals surface area contributed by atoms with Gasteiger partial charge in [0, 0.05) is 12.1 Å². The first-order valence-electron chi connectivity index (χ1n) is 4.37. The van der Waals surface area contributed by atoms with E-state index in [1.165, 1.54) is 0 Å². The van der Waals surface area contributed by atoms with Gasteiger partial charge in [-0.25, -0.2) is 4.99 Å². The normalized spacial score (nSPS) is 12.2. The molecular weight excluding hydrogens is 162 g/mol. The van der Waals surface area contributed by atoms with Crippen LogP contribution in [0.1, 0.15) is 19.5 Å². The number of aliphatic imine (C=N–C) groups is 1. The van der Waals surface area contributed by atoms with Crippen LogP contribution in [0.4, 0.5) is 5.69 Å². The molecule has 0 saturated carbocycles. The number of nitrogens with two attached hydrogens (primary N) is 1. The molecule has 0 spiro atoms. The molecule has 70 valence electrons. The number of amidine groups is 1. The molecule has 0 aromatic carbocycles. The van der Waals surface area contributed by atoms with Crippen molar-refractivity contribution >= 4 is 11.5 Å². The summed E-state index contributed by atoms with van der Waals surface area (Å²) in [7, 11) is 0. The van der Waals surface area contributed by atoms with Gasteiger partial charge in [-0.15, -0.1) is 0 Å². The van der Waals surface area contributed by atoms with E-state index in [0.717, 1.165) is 11.4 Å². The highest BCUT2D eigenvalue weighted by Gasteiger charge is 2.01. The van der Waals surface area contributed by atoms with E-state index in [4.69, 9.17) is 5.73 Å². The van der Waals surface area contributed by atoms with Crippen LogP contribution in [0, 0.1) is 12.8 Å². The standard InChI is InChI=1S/C10H15N3/c1-7(2)10(11)13-9-5-4-6-12-8(9)3/h4-7H,1-3H3,(H2,11,13). The molecule has 1 aromatic heterocycles. The van der Waals surface area contributed by atoms with Gasteiger partial charge < -0.3 is 5.73 Å². The number of nitrogens with zero attached hydrogens (tertiary/aromatic N) is 2. The number of rotatable bonds is 2. The minimum Gasteiger partial charge on any atom is -0.387 e. The van der Waals surface area contributed by atoms with Crippen LogP contribution in [0.3, 0.4) is 0 Å². The highest BCUT2D eigenvalue weighted by atomic mass is 14.9. The van der Waals surface area contributed by atoms with Crippen molar-refractivity contribution in [3.63, 3.8) is 0 Å². The Morgan fingerprint density at radius 3 is 2.77 bits per heavy atom. The smallest absolute Gasteiger partial charge is 0.102 e. The van der Waals surface area contributed by atoms with Crippen molar-refractivity contribution < 1.29 is 0 Å². The molecular formula is C10H15N3. The van der Waals surface area contributed by atoms with Crippen molar-refractivity contribution in [1.29, 1.82) is 0 Å². The third-order valence-electron chi connectivity index (χ3n) is 1.82. The van der Waals surface area contributed by atoms with Gasteiger partial charge in [0.15, 0.2) is 0 Å². The van der Waals surface area contributed by atoms with Crippen molar-refractivity contribution in [2.75, 3.05) is 0 Å². The second-order valence-electron chi connectivity index (χ2n) is 3.30. The molecule has 2 N–H and O–H groups in total. The average molecular weight is 177 g/mol. The lowest BCUT2D eigenvalue weighted by Crippen LogP contribution is -2.18. The van der Waals surface area contributed by atoms with Crippen LogP contribution in [0.5, 0.6) is 0 Å². The Labute approximate surface area is 78.7 Å². The van der Waals surface area contributed by atoms with Crippen molar-refractivity contribution in [3.05, 3.63) is 24.0 Å². The van der Waals surface area contributed by atoms with E-state index in [-0.39, 0.29) is 5.92 Å². The first-order chi connectivity index (χ1) is 6.11. The van der Waals surface area contributed by atoms with E-state index in [9.17, 15) is 0 Å². The summed E-state index contributed by atoms with van der Waals surface area (Å²) in [5, 5.41) is 0. The van der Waals surface area contributed by atoms with Gasteiger partial charge in [-0.2, -0.15) is 0 Å². The Hall–Kier alpha value is -1.38.